The maximum absolute atomic E-state index is 11.7. The molecule has 1 fully saturated rings. The Hall–Kier alpha value is -1.96. The second-order valence-electron chi connectivity index (χ2n) is 4.05. The molecule has 0 bridgehead atoms. The van der Waals surface area contributed by atoms with Gasteiger partial charge in [-0.3, -0.25) is 14.5 Å². The SMILES string of the molecule is CN1C(=O)CC(Nc2ncc(Br)cc2C(=O)O)C1=O. The van der Waals surface area contributed by atoms with Crippen LogP contribution in [0.2, 0.25) is 0 Å². The number of likely N-dealkylation sites (tertiary alicyclic amines) is 1. The second-order valence-corrected chi connectivity index (χ2v) is 4.96. The van der Waals surface area contributed by atoms with Crippen LogP contribution in [0.15, 0.2) is 16.7 Å². The second kappa shape index (κ2) is 4.96. The fraction of sp³-hybridized carbons (Fsp3) is 0.273. The minimum atomic E-state index is -1.17. The first-order valence-electron chi connectivity index (χ1n) is 5.36. The molecular weight excluding hydrogens is 318 g/mol. The molecule has 0 saturated carbocycles. The van der Waals surface area contributed by atoms with Crippen molar-refractivity contribution in [1.82, 2.24) is 9.88 Å². The number of hydrogen-bond acceptors (Lipinski definition) is 5. The van der Waals surface area contributed by atoms with Crippen molar-refractivity contribution >= 4 is 39.5 Å². The fourth-order valence-electron chi connectivity index (χ4n) is 1.75. The fourth-order valence-corrected chi connectivity index (χ4v) is 2.08. The molecular formula is C11H10BrN3O4. The van der Waals surface area contributed by atoms with Crippen LogP contribution in [-0.4, -0.2) is 45.9 Å². The van der Waals surface area contributed by atoms with Gasteiger partial charge in [0.05, 0.1) is 6.42 Å². The molecule has 1 aromatic rings. The first-order valence-corrected chi connectivity index (χ1v) is 6.15. The summed E-state index contributed by atoms with van der Waals surface area (Å²) in [6.45, 7) is 0. The van der Waals surface area contributed by atoms with E-state index in [4.69, 9.17) is 5.11 Å². The Morgan fingerprint density at radius 3 is 2.79 bits per heavy atom. The van der Waals surface area contributed by atoms with Gasteiger partial charge >= 0.3 is 5.97 Å². The minimum absolute atomic E-state index is 0.00780. The lowest BCUT2D eigenvalue weighted by Gasteiger charge is -2.13. The molecule has 2 rings (SSSR count). The number of imide groups is 1. The van der Waals surface area contributed by atoms with E-state index in [1.807, 2.05) is 0 Å². The van der Waals surface area contributed by atoms with Gasteiger partial charge in [0.15, 0.2) is 0 Å². The third-order valence-electron chi connectivity index (χ3n) is 2.78. The first-order chi connectivity index (χ1) is 8.90. The molecule has 2 heterocycles. The van der Waals surface area contributed by atoms with Gasteiger partial charge in [0.2, 0.25) is 5.91 Å². The molecule has 1 unspecified atom stereocenters. The van der Waals surface area contributed by atoms with Crippen molar-refractivity contribution in [3.8, 4) is 0 Å². The smallest absolute Gasteiger partial charge is 0.339 e. The number of hydrogen-bond donors (Lipinski definition) is 2. The van der Waals surface area contributed by atoms with E-state index in [0.717, 1.165) is 4.90 Å². The number of nitrogens with one attached hydrogen (secondary N) is 1. The van der Waals surface area contributed by atoms with Crippen LogP contribution in [0.4, 0.5) is 5.82 Å². The number of nitrogens with zero attached hydrogens (tertiary/aromatic N) is 2. The van der Waals surface area contributed by atoms with Gasteiger partial charge in [-0.1, -0.05) is 0 Å². The number of carboxylic acid groups (broad SMARTS) is 1. The highest BCUT2D eigenvalue weighted by molar-refractivity contribution is 9.10. The number of aromatic carboxylic acids is 1. The van der Waals surface area contributed by atoms with Gasteiger partial charge < -0.3 is 10.4 Å². The molecule has 19 heavy (non-hydrogen) atoms. The zero-order chi connectivity index (χ0) is 14.2. The zero-order valence-electron chi connectivity index (χ0n) is 9.88. The van der Waals surface area contributed by atoms with Crippen LogP contribution in [0.5, 0.6) is 0 Å². The summed E-state index contributed by atoms with van der Waals surface area (Å²) < 4.78 is 0.515. The molecule has 0 aliphatic carbocycles. The molecule has 7 nitrogen and oxygen atoms in total. The van der Waals surface area contributed by atoms with E-state index in [-0.39, 0.29) is 23.7 Å². The number of anilines is 1. The lowest BCUT2D eigenvalue weighted by atomic mass is 10.2. The number of amides is 2. The highest BCUT2D eigenvalue weighted by Crippen LogP contribution is 2.21. The molecule has 1 aliphatic rings. The van der Waals surface area contributed by atoms with Crippen LogP contribution in [-0.2, 0) is 9.59 Å². The molecule has 2 N–H and O–H groups in total. The summed E-state index contributed by atoms with van der Waals surface area (Å²) in [6.07, 6.45) is 1.41. The van der Waals surface area contributed by atoms with E-state index in [2.05, 4.69) is 26.2 Å². The Morgan fingerprint density at radius 1 is 1.58 bits per heavy atom. The van der Waals surface area contributed by atoms with Gasteiger partial charge in [0.1, 0.15) is 17.4 Å². The topological polar surface area (TPSA) is 99.6 Å². The number of pyridine rings is 1. The number of likely N-dealkylation sites (N-methyl/N-ethyl adjacent to an activating group) is 1. The predicted molar refractivity (Wildman–Crippen MR) is 68.7 cm³/mol. The average molecular weight is 328 g/mol. The van der Waals surface area contributed by atoms with Crippen LogP contribution in [0.25, 0.3) is 0 Å². The van der Waals surface area contributed by atoms with Crippen molar-refractivity contribution in [2.24, 2.45) is 0 Å². The summed E-state index contributed by atoms with van der Waals surface area (Å²) >= 11 is 3.13. The standard InChI is InChI=1S/C11H10BrN3O4/c1-15-8(16)3-7(10(15)17)14-9-6(11(18)19)2-5(12)4-13-9/h2,4,7H,3H2,1H3,(H,13,14)(H,18,19). The van der Waals surface area contributed by atoms with E-state index in [1.165, 1.54) is 19.3 Å². The molecule has 100 valence electrons. The normalized spacial score (nSPS) is 18.8. The number of rotatable bonds is 3. The Kier molecular flexibility index (Phi) is 3.52. The highest BCUT2D eigenvalue weighted by atomic mass is 79.9. The zero-order valence-corrected chi connectivity index (χ0v) is 11.5. The highest BCUT2D eigenvalue weighted by Gasteiger charge is 2.36. The van der Waals surface area contributed by atoms with Gasteiger partial charge in [-0.2, -0.15) is 0 Å². The summed E-state index contributed by atoms with van der Waals surface area (Å²) in [5.41, 5.74) is -0.0656. The monoisotopic (exact) mass is 327 g/mol. The third kappa shape index (κ3) is 2.58. The molecule has 1 aromatic heterocycles. The number of halogens is 1. The summed E-state index contributed by atoms with van der Waals surface area (Å²) in [7, 11) is 1.39. The van der Waals surface area contributed by atoms with E-state index in [9.17, 15) is 14.4 Å². The Bertz CT molecular complexity index is 575. The summed E-state index contributed by atoms with van der Waals surface area (Å²) in [5.74, 6) is -1.80. The van der Waals surface area contributed by atoms with Crippen molar-refractivity contribution in [3.05, 3.63) is 22.3 Å². The maximum Gasteiger partial charge on any atom is 0.339 e. The predicted octanol–water partition coefficient (Wildman–Crippen LogP) is 0.711. The lowest BCUT2D eigenvalue weighted by Crippen LogP contribution is -2.32. The Balaban J connectivity index is 2.27. The maximum atomic E-state index is 11.7. The molecule has 0 aromatic carbocycles. The average Bonchev–Trinajstić information content (AvgIpc) is 2.59. The van der Waals surface area contributed by atoms with Gasteiger partial charge in [0.25, 0.3) is 5.91 Å². The summed E-state index contributed by atoms with van der Waals surface area (Å²) in [5, 5.41) is 11.8. The Labute approximate surface area is 116 Å². The molecule has 1 saturated heterocycles. The molecule has 0 radical (unpaired) electrons. The molecule has 2 amide bonds. The van der Waals surface area contributed by atoms with Crippen LogP contribution < -0.4 is 5.32 Å². The largest absolute Gasteiger partial charge is 0.478 e. The number of carboxylic acids is 1. The molecule has 8 heteroatoms. The summed E-state index contributed by atoms with van der Waals surface area (Å²) in [6, 6.07) is 0.604. The molecule has 1 atom stereocenters. The third-order valence-corrected chi connectivity index (χ3v) is 3.21. The number of aromatic nitrogens is 1. The van der Waals surface area contributed by atoms with Crippen molar-refractivity contribution in [1.29, 1.82) is 0 Å². The van der Waals surface area contributed by atoms with E-state index >= 15 is 0 Å². The number of carbonyl (C=O) groups excluding carboxylic acids is 2. The van der Waals surface area contributed by atoms with Crippen molar-refractivity contribution in [2.45, 2.75) is 12.5 Å². The van der Waals surface area contributed by atoms with Crippen molar-refractivity contribution < 1.29 is 19.5 Å². The van der Waals surface area contributed by atoms with Crippen molar-refractivity contribution in [3.63, 3.8) is 0 Å². The lowest BCUT2D eigenvalue weighted by molar-refractivity contribution is -0.136. The number of carbonyl (C=O) groups is 3. The summed E-state index contributed by atoms with van der Waals surface area (Å²) in [4.78, 5) is 39.1. The molecule has 0 spiro atoms. The van der Waals surface area contributed by atoms with Crippen LogP contribution in [0.1, 0.15) is 16.8 Å². The van der Waals surface area contributed by atoms with Crippen LogP contribution in [0.3, 0.4) is 0 Å². The van der Waals surface area contributed by atoms with Gasteiger partial charge in [0, 0.05) is 17.7 Å². The van der Waals surface area contributed by atoms with Gasteiger partial charge in [-0.25, -0.2) is 9.78 Å². The van der Waals surface area contributed by atoms with E-state index < -0.39 is 17.9 Å². The van der Waals surface area contributed by atoms with E-state index in [0.29, 0.717) is 4.47 Å². The van der Waals surface area contributed by atoms with Crippen LogP contribution in [0, 0.1) is 0 Å². The Morgan fingerprint density at radius 2 is 2.26 bits per heavy atom. The molecule has 1 aliphatic heterocycles. The van der Waals surface area contributed by atoms with Crippen molar-refractivity contribution in [2.75, 3.05) is 12.4 Å². The first kappa shape index (κ1) is 13.5. The van der Waals surface area contributed by atoms with Gasteiger partial charge in [-0.15, -0.1) is 0 Å². The van der Waals surface area contributed by atoms with Gasteiger partial charge in [-0.05, 0) is 22.0 Å². The minimum Gasteiger partial charge on any atom is -0.478 e. The van der Waals surface area contributed by atoms with Crippen LogP contribution >= 0.6 is 15.9 Å². The quantitative estimate of drug-likeness (QED) is 0.793. The van der Waals surface area contributed by atoms with E-state index in [1.54, 1.807) is 0 Å².